The number of thioether (sulfide) groups is 1. The first-order valence-corrected chi connectivity index (χ1v) is 5.86. The van der Waals surface area contributed by atoms with Crippen molar-refractivity contribution in [2.75, 3.05) is 18.1 Å². The summed E-state index contributed by atoms with van der Waals surface area (Å²) in [6.45, 7) is 0.0584. The first-order valence-electron chi connectivity index (χ1n) is 4.71. The summed E-state index contributed by atoms with van der Waals surface area (Å²) in [5.74, 6) is -1.18. The van der Waals surface area contributed by atoms with Crippen molar-refractivity contribution >= 4 is 23.6 Å². The van der Waals surface area contributed by atoms with Crippen molar-refractivity contribution in [1.29, 1.82) is 5.26 Å². The van der Waals surface area contributed by atoms with Gasteiger partial charge in [-0.25, -0.2) is 4.79 Å². The van der Waals surface area contributed by atoms with Crippen LogP contribution in [-0.2, 0) is 9.59 Å². The van der Waals surface area contributed by atoms with Gasteiger partial charge in [-0.3, -0.25) is 4.79 Å². The number of likely N-dealkylation sites (tertiary alicyclic amines) is 1. The van der Waals surface area contributed by atoms with Crippen LogP contribution in [0.2, 0.25) is 0 Å². The molecule has 1 heterocycles. The Hall–Kier alpha value is -1.26. The Balaban J connectivity index is 2.54. The fourth-order valence-corrected chi connectivity index (χ4v) is 2.12. The smallest absolute Gasteiger partial charge is 0.326 e. The monoisotopic (exact) mass is 244 g/mol. The topological polar surface area (TPSA) is 102 Å². The van der Waals surface area contributed by atoms with Crippen molar-refractivity contribution in [3.63, 3.8) is 0 Å². The molecule has 88 valence electrons. The van der Waals surface area contributed by atoms with Crippen molar-refractivity contribution in [3.05, 3.63) is 0 Å². The fraction of sp³-hybridized carbons (Fsp3) is 0.667. The molecule has 6 nitrogen and oxygen atoms in total. The summed E-state index contributed by atoms with van der Waals surface area (Å²) in [5.41, 5.74) is 0. The van der Waals surface area contributed by atoms with Crippen molar-refractivity contribution in [1.82, 2.24) is 4.90 Å². The Morgan fingerprint density at radius 3 is 2.81 bits per heavy atom. The van der Waals surface area contributed by atoms with Gasteiger partial charge in [0.15, 0.2) is 0 Å². The van der Waals surface area contributed by atoms with Gasteiger partial charge >= 0.3 is 5.97 Å². The van der Waals surface area contributed by atoms with Crippen molar-refractivity contribution < 1.29 is 19.8 Å². The first kappa shape index (κ1) is 12.8. The molecule has 0 aromatic heterocycles. The Bertz CT molecular complexity index is 328. The number of amides is 1. The SMILES string of the molecule is N#CCSCC(=O)N1C[C@@H](O)C[C@H]1C(=O)O. The quantitative estimate of drug-likeness (QED) is 0.633. The van der Waals surface area contributed by atoms with E-state index in [1.54, 1.807) is 0 Å². The molecule has 0 radical (unpaired) electrons. The number of carboxylic acids is 1. The highest BCUT2D eigenvalue weighted by molar-refractivity contribution is 8.00. The summed E-state index contributed by atoms with van der Waals surface area (Å²) < 4.78 is 0. The molecule has 1 rings (SSSR count). The average molecular weight is 244 g/mol. The Morgan fingerprint density at radius 1 is 1.56 bits per heavy atom. The molecule has 0 aliphatic carbocycles. The third-order valence-corrected chi connectivity index (χ3v) is 3.06. The molecule has 7 heteroatoms. The summed E-state index contributed by atoms with van der Waals surface area (Å²) in [6.07, 6.45) is -0.699. The second kappa shape index (κ2) is 5.72. The van der Waals surface area contributed by atoms with Crippen LogP contribution in [0, 0.1) is 11.3 Å². The average Bonchev–Trinajstić information content (AvgIpc) is 2.61. The van der Waals surface area contributed by atoms with E-state index in [1.807, 2.05) is 6.07 Å². The van der Waals surface area contributed by atoms with Crippen LogP contribution in [0.25, 0.3) is 0 Å². The van der Waals surface area contributed by atoms with E-state index in [1.165, 1.54) is 0 Å². The molecule has 0 bridgehead atoms. The van der Waals surface area contributed by atoms with Crippen molar-refractivity contribution in [3.8, 4) is 6.07 Å². The molecule has 1 aliphatic heterocycles. The third kappa shape index (κ3) is 3.12. The highest BCUT2D eigenvalue weighted by Gasteiger charge is 2.38. The summed E-state index contributed by atoms with van der Waals surface area (Å²) in [4.78, 5) is 23.6. The standard InChI is InChI=1S/C9H12N2O4S/c10-1-2-16-5-8(13)11-4-6(12)3-7(11)9(14)15/h6-7,12H,2-5H2,(H,14,15)/t6-,7-/m0/s1. The number of nitrogens with zero attached hydrogens (tertiary/aromatic N) is 2. The van der Waals surface area contributed by atoms with Crippen molar-refractivity contribution in [2.24, 2.45) is 0 Å². The van der Waals surface area contributed by atoms with Gasteiger partial charge in [-0.1, -0.05) is 0 Å². The molecule has 0 aromatic carbocycles. The number of carbonyl (C=O) groups is 2. The number of hydrogen-bond donors (Lipinski definition) is 2. The molecule has 0 saturated carbocycles. The van der Waals surface area contributed by atoms with Crippen LogP contribution in [0.5, 0.6) is 0 Å². The van der Waals surface area contributed by atoms with Crippen LogP contribution in [0.4, 0.5) is 0 Å². The molecular weight excluding hydrogens is 232 g/mol. The van der Waals surface area contributed by atoms with Crippen molar-refractivity contribution in [2.45, 2.75) is 18.6 Å². The fourth-order valence-electron chi connectivity index (χ4n) is 1.59. The second-order valence-corrected chi connectivity index (χ2v) is 4.43. The van der Waals surface area contributed by atoms with E-state index in [0.717, 1.165) is 16.7 Å². The van der Waals surface area contributed by atoms with E-state index in [2.05, 4.69) is 0 Å². The number of aliphatic carboxylic acids is 1. The molecule has 0 aromatic rings. The molecule has 16 heavy (non-hydrogen) atoms. The van der Waals surface area contributed by atoms with E-state index >= 15 is 0 Å². The molecular formula is C9H12N2O4S. The van der Waals surface area contributed by atoms with Gasteiger partial charge in [0.25, 0.3) is 0 Å². The first-order chi connectivity index (χ1) is 7.56. The van der Waals surface area contributed by atoms with Crippen LogP contribution in [0.15, 0.2) is 0 Å². The summed E-state index contributed by atoms with van der Waals surface area (Å²) in [5, 5.41) is 26.5. The van der Waals surface area contributed by atoms with Gasteiger partial charge in [0.1, 0.15) is 6.04 Å². The molecule has 1 saturated heterocycles. The number of aliphatic hydroxyl groups excluding tert-OH is 1. The van der Waals surface area contributed by atoms with E-state index in [-0.39, 0.29) is 30.4 Å². The normalized spacial score (nSPS) is 24.1. The van der Waals surface area contributed by atoms with Crippen LogP contribution in [0.1, 0.15) is 6.42 Å². The molecule has 1 aliphatic rings. The van der Waals surface area contributed by atoms with Gasteiger partial charge in [-0.2, -0.15) is 5.26 Å². The number of aliphatic hydroxyl groups is 1. The highest BCUT2D eigenvalue weighted by atomic mass is 32.2. The van der Waals surface area contributed by atoms with E-state index in [9.17, 15) is 14.7 Å². The lowest BCUT2D eigenvalue weighted by Gasteiger charge is -2.20. The van der Waals surface area contributed by atoms with E-state index in [4.69, 9.17) is 10.4 Å². The summed E-state index contributed by atoms with van der Waals surface area (Å²) in [6, 6.07) is 0.943. The van der Waals surface area contributed by atoms with E-state index < -0.39 is 18.1 Å². The highest BCUT2D eigenvalue weighted by Crippen LogP contribution is 2.19. The minimum atomic E-state index is -1.10. The third-order valence-electron chi connectivity index (χ3n) is 2.28. The second-order valence-electron chi connectivity index (χ2n) is 3.44. The predicted octanol–water partition coefficient (Wildman–Crippen LogP) is -0.710. The lowest BCUT2D eigenvalue weighted by molar-refractivity contribution is -0.147. The zero-order valence-electron chi connectivity index (χ0n) is 8.50. The van der Waals surface area contributed by atoms with Gasteiger partial charge in [0.2, 0.25) is 5.91 Å². The minimum Gasteiger partial charge on any atom is -0.480 e. The van der Waals surface area contributed by atoms with Crippen LogP contribution in [0.3, 0.4) is 0 Å². The summed E-state index contributed by atoms with van der Waals surface area (Å²) in [7, 11) is 0. The van der Waals surface area contributed by atoms with Gasteiger partial charge < -0.3 is 15.1 Å². The van der Waals surface area contributed by atoms with E-state index in [0.29, 0.717) is 0 Å². The Kier molecular flexibility index (Phi) is 4.58. The van der Waals surface area contributed by atoms with Crippen LogP contribution >= 0.6 is 11.8 Å². The molecule has 1 amide bonds. The van der Waals surface area contributed by atoms with Gasteiger partial charge in [-0.05, 0) is 0 Å². The zero-order chi connectivity index (χ0) is 12.1. The minimum absolute atomic E-state index is 0.0584. The Morgan fingerprint density at radius 2 is 2.25 bits per heavy atom. The maximum atomic E-state index is 11.6. The molecule has 2 N–H and O–H groups in total. The van der Waals surface area contributed by atoms with Gasteiger partial charge in [0.05, 0.1) is 23.7 Å². The predicted molar refractivity (Wildman–Crippen MR) is 56.7 cm³/mol. The molecule has 2 atom stereocenters. The van der Waals surface area contributed by atoms with Gasteiger partial charge in [-0.15, -0.1) is 11.8 Å². The van der Waals surface area contributed by atoms with Crippen LogP contribution in [-0.4, -0.2) is 57.2 Å². The largest absolute Gasteiger partial charge is 0.480 e. The Labute approximate surface area is 96.8 Å². The zero-order valence-corrected chi connectivity index (χ0v) is 9.31. The number of carboxylic acid groups (broad SMARTS) is 1. The summed E-state index contributed by atoms with van der Waals surface area (Å²) >= 11 is 1.14. The van der Waals surface area contributed by atoms with Gasteiger partial charge in [0, 0.05) is 13.0 Å². The molecule has 1 fully saturated rings. The lowest BCUT2D eigenvalue weighted by Crippen LogP contribution is -2.41. The van der Waals surface area contributed by atoms with Crippen LogP contribution < -0.4 is 0 Å². The number of carbonyl (C=O) groups excluding carboxylic acids is 1. The number of nitriles is 1. The molecule has 0 unspecified atom stereocenters. The number of rotatable bonds is 4. The number of hydrogen-bond acceptors (Lipinski definition) is 5. The lowest BCUT2D eigenvalue weighted by atomic mass is 10.2. The molecule has 0 spiro atoms. The maximum Gasteiger partial charge on any atom is 0.326 e. The maximum absolute atomic E-state index is 11.6. The number of β-amino-alcohol motifs (C(OH)–C–C–N with tert-alkyl or cyclic N) is 1.